The summed E-state index contributed by atoms with van der Waals surface area (Å²) < 4.78 is 4.89. The van der Waals surface area contributed by atoms with E-state index in [0.717, 1.165) is 0 Å². The Hall–Kier alpha value is -1.33. The van der Waals surface area contributed by atoms with E-state index < -0.39 is 0 Å². The van der Waals surface area contributed by atoms with Crippen LogP contribution in [0.3, 0.4) is 0 Å². The number of thiocarbonyl (C=S) groups is 1. The Morgan fingerprint density at radius 3 is 2.78 bits per heavy atom. The van der Waals surface area contributed by atoms with Crippen LogP contribution in [0.25, 0.3) is 0 Å². The molecule has 6 heteroatoms. The van der Waals surface area contributed by atoms with Gasteiger partial charge in [-0.3, -0.25) is 4.79 Å². The third-order valence-corrected chi connectivity index (χ3v) is 2.76. The van der Waals surface area contributed by atoms with Crippen molar-refractivity contribution in [3.05, 3.63) is 28.8 Å². The van der Waals surface area contributed by atoms with Gasteiger partial charge in [0.05, 0.1) is 6.61 Å². The molecule has 0 unspecified atom stereocenters. The summed E-state index contributed by atoms with van der Waals surface area (Å²) in [5, 5.41) is 0.556. The van der Waals surface area contributed by atoms with E-state index in [1.165, 1.54) is 0 Å². The minimum absolute atomic E-state index is 0.115. The van der Waals surface area contributed by atoms with Gasteiger partial charge in [0.2, 0.25) is 0 Å². The summed E-state index contributed by atoms with van der Waals surface area (Å²) in [5.74, 6) is -0.311. The van der Waals surface area contributed by atoms with Crippen molar-refractivity contribution in [1.29, 1.82) is 0 Å². The normalized spacial score (nSPS) is 9.94. The van der Waals surface area contributed by atoms with E-state index in [1.54, 1.807) is 37.1 Å². The Bertz CT molecular complexity index is 465. The van der Waals surface area contributed by atoms with Crippen LogP contribution in [0.2, 0.25) is 5.02 Å². The van der Waals surface area contributed by atoms with Crippen molar-refractivity contribution in [3.8, 4) is 0 Å². The molecule has 18 heavy (non-hydrogen) atoms. The predicted molar refractivity (Wildman–Crippen MR) is 77.2 cm³/mol. The van der Waals surface area contributed by atoms with Crippen LogP contribution in [0.5, 0.6) is 0 Å². The lowest BCUT2D eigenvalue weighted by Gasteiger charge is -2.21. The van der Waals surface area contributed by atoms with Crippen molar-refractivity contribution in [2.45, 2.75) is 6.92 Å². The number of ether oxygens (including phenoxy) is 1. The first-order valence-corrected chi connectivity index (χ1v) is 6.20. The number of anilines is 1. The molecule has 0 saturated carbocycles. The van der Waals surface area contributed by atoms with Crippen molar-refractivity contribution >= 4 is 40.5 Å². The smallest absolute Gasteiger partial charge is 0.325 e. The molecule has 98 valence electrons. The summed E-state index contributed by atoms with van der Waals surface area (Å²) in [5.41, 5.74) is 7.03. The minimum atomic E-state index is -0.311. The number of carbonyl (C=O) groups excluding carboxylic acids is 1. The van der Waals surface area contributed by atoms with E-state index in [2.05, 4.69) is 0 Å². The standard InChI is InChI=1S/C12H15ClN2O2S/c1-3-17-11(16)7-15(2)10-6-8(13)4-5-9(10)12(14)18/h4-6H,3,7H2,1-2H3,(H2,14,18). The fourth-order valence-corrected chi connectivity index (χ4v) is 1.85. The summed E-state index contributed by atoms with van der Waals surface area (Å²) >= 11 is 10.9. The number of likely N-dealkylation sites (N-methyl/N-ethyl adjacent to an activating group) is 1. The first-order chi connectivity index (χ1) is 8.45. The van der Waals surface area contributed by atoms with Crippen molar-refractivity contribution in [2.75, 3.05) is 25.1 Å². The Morgan fingerprint density at radius 2 is 2.22 bits per heavy atom. The molecule has 1 rings (SSSR count). The number of hydrogen-bond acceptors (Lipinski definition) is 4. The molecule has 0 amide bonds. The maximum atomic E-state index is 11.4. The average Bonchev–Trinajstić information content (AvgIpc) is 2.28. The summed E-state index contributed by atoms with van der Waals surface area (Å²) in [6.45, 7) is 2.23. The van der Waals surface area contributed by atoms with Gasteiger partial charge in [-0.1, -0.05) is 23.8 Å². The zero-order valence-corrected chi connectivity index (χ0v) is 11.8. The monoisotopic (exact) mass is 286 g/mol. The zero-order chi connectivity index (χ0) is 13.7. The summed E-state index contributed by atoms with van der Waals surface area (Å²) in [6, 6.07) is 5.16. The van der Waals surface area contributed by atoms with Crippen molar-refractivity contribution in [1.82, 2.24) is 0 Å². The Morgan fingerprint density at radius 1 is 1.56 bits per heavy atom. The Balaban J connectivity index is 2.96. The summed E-state index contributed by atoms with van der Waals surface area (Å²) in [6.07, 6.45) is 0. The number of nitrogens with zero attached hydrogens (tertiary/aromatic N) is 1. The van der Waals surface area contributed by atoms with Crippen LogP contribution in [0.15, 0.2) is 18.2 Å². The van der Waals surface area contributed by atoms with Crippen LogP contribution in [0.1, 0.15) is 12.5 Å². The van der Waals surface area contributed by atoms with Crippen molar-refractivity contribution in [3.63, 3.8) is 0 Å². The highest BCUT2D eigenvalue weighted by molar-refractivity contribution is 7.80. The fourth-order valence-electron chi connectivity index (χ4n) is 1.51. The van der Waals surface area contributed by atoms with Gasteiger partial charge in [-0.25, -0.2) is 0 Å². The van der Waals surface area contributed by atoms with Gasteiger partial charge in [-0.15, -0.1) is 0 Å². The van der Waals surface area contributed by atoms with Gasteiger partial charge in [0.1, 0.15) is 11.5 Å². The maximum Gasteiger partial charge on any atom is 0.325 e. The summed E-state index contributed by atoms with van der Waals surface area (Å²) in [4.78, 5) is 13.4. The molecule has 0 aliphatic carbocycles. The van der Waals surface area contributed by atoms with Crippen molar-refractivity contribution < 1.29 is 9.53 Å². The SMILES string of the molecule is CCOC(=O)CN(C)c1cc(Cl)ccc1C(N)=S. The van der Waals surface area contributed by atoms with E-state index in [4.69, 9.17) is 34.3 Å². The van der Waals surface area contributed by atoms with Gasteiger partial charge in [0.15, 0.2) is 0 Å². The Kier molecular flexibility index (Phi) is 5.37. The highest BCUT2D eigenvalue weighted by atomic mass is 35.5. The molecule has 0 atom stereocenters. The predicted octanol–water partition coefficient (Wildman–Crippen LogP) is 1.97. The molecule has 0 spiro atoms. The number of nitrogens with two attached hydrogens (primary N) is 1. The minimum Gasteiger partial charge on any atom is -0.465 e. The second-order valence-electron chi connectivity index (χ2n) is 3.69. The maximum absolute atomic E-state index is 11.4. The quantitative estimate of drug-likeness (QED) is 0.662. The summed E-state index contributed by atoms with van der Waals surface area (Å²) in [7, 11) is 1.75. The van der Waals surface area contributed by atoms with Gasteiger partial charge in [0, 0.05) is 23.3 Å². The van der Waals surface area contributed by atoms with Gasteiger partial charge in [-0.2, -0.15) is 0 Å². The highest BCUT2D eigenvalue weighted by Crippen LogP contribution is 2.24. The number of hydrogen-bond donors (Lipinski definition) is 1. The Labute approximate surface area is 117 Å². The van der Waals surface area contributed by atoms with E-state index in [1.807, 2.05) is 0 Å². The van der Waals surface area contributed by atoms with Gasteiger partial charge >= 0.3 is 5.97 Å². The molecule has 0 aromatic heterocycles. The number of carbonyl (C=O) groups is 1. The van der Waals surface area contributed by atoms with E-state index in [9.17, 15) is 4.79 Å². The lowest BCUT2D eigenvalue weighted by Crippen LogP contribution is -2.29. The fraction of sp³-hybridized carbons (Fsp3) is 0.333. The van der Waals surface area contributed by atoms with Crippen LogP contribution in [-0.4, -0.2) is 31.2 Å². The molecule has 0 heterocycles. The number of rotatable bonds is 5. The molecule has 0 fully saturated rings. The molecular formula is C12H15ClN2O2S. The molecule has 1 aromatic rings. The molecular weight excluding hydrogens is 272 g/mol. The van der Waals surface area contributed by atoms with Crippen LogP contribution in [0, 0.1) is 0 Å². The molecule has 0 bridgehead atoms. The molecule has 0 radical (unpaired) electrons. The van der Waals surface area contributed by atoms with Crippen LogP contribution in [-0.2, 0) is 9.53 Å². The molecule has 0 saturated heterocycles. The highest BCUT2D eigenvalue weighted by Gasteiger charge is 2.13. The molecule has 0 aliphatic heterocycles. The number of esters is 1. The second-order valence-corrected chi connectivity index (χ2v) is 4.56. The molecule has 2 N–H and O–H groups in total. The second kappa shape index (κ2) is 6.56. The third-order valence-electron chi connectivity index (χ3n) is 2.31. The van der Waals surface area contributed by atoms with E-state index in [0.29, 0.717) is 22.9 Å². The van der Waals surface area contributed by atoms with Gasteiger partial charge in [-0.05, 0) is 25.1 Å². The van der Waals surface area contributed by atoms with Crippen LogP contribution in [0.4, 0.5) is 5.69 Å². The van der Waals surface area contributed by atoms with E-state index >= 15 is 0 Å². The molecule has 4 nitrogen and oxygen atoms in total. The molecule has 0 aliphatic rings. The van der Waals surface area contributed by atoms with Gasteiger partial charge < -0.3 is 15.4 Å². The van der Waals surface area contributed by atoms with Crippen LogP contribution < -0.4 is 10.6 Å². The van der Waals surface area contributed by atoms with Crippen LogP contribution >= 0.6 is 23.8 Å². The number of halogens is 1. The topological polar surface area (TPSA) is 55.6 Å². The van der Waals surface area contributed by atoms with Gasteiger partial charge in [0.25, 0.3) is 0 Å². The third kappa shape index (κ3) is 3.85. The molecule has 1 aromatic carbocycles. The average molecular weight is 287 g/mol. The zero-order valence-electron chi connectivity index (χ0n) is 10.3. The van der Waals surface area contributed by atoms with E-state index in [-0.39, 0.29) is 17.5 Å². The lowest BCUT2D eigenvalue weighted by atomic mass is 10.1. The largest absolute Gasteiger partial charge is 0.465 e. The number of benzene rings is 1. The van der Waals surface area contributed by atoms with Crippen molar-refractivity contribution in [2.24, 2.45) is 5.73 Å². The first kappa shape index (κ1) is 14.7. The lowest BCUT2D eigenvalue weighted by molar-refractivity contribution is -0.141. The first-order valence-electron chi connectivity index (χ1n) is 5.41.